The third-order valence-corrected chi connectivity index (χ3v) is 6.58. The van der Waals surface area contributed by atoms with Crippen molar-refractivity contribution in [3.8, 4) is 17.0 Å². The van der Waals surface area contributed by atoms with Crippen LogP contribution >= 0.6 is 0 Å². The predicted octanol–water partition coefficient (Wildman–Crippen LogP) is 4.39. The first-order valence-electron chi connectivity index (χ1n) is 11.4. The molecule has 0 bridgehead atoms. The number of nitrogens with zero attached hydrogens (tertiary/aromatic N) is 3. The molecule has 0 aliphatic carbocycles. The Morgan fingerprint density at radius 2 is 1.44 bits per heavy atom. The van der Waals surface area contributed by atoms with Crippen molar-refractivity contribution in [1.82, 2.24) is 9.47 Å². The highest BCUT2D eigenvalue weighted by Gasteiger charge is 2.31. The average Bonchev–Trinajstić information content (AvgIpc) is 3.21. The molecule has 0 saturated carbocycles. The summed E-state index contributed by atoms with van der Waals surface area (Å²) in [4.78, 5) is 31.0. The Labute approximate surface area is 199 Å². The fourth-order valence-corrected chi connectivity index (χ4v) is 4.77. The number of carbonyl (C=O) groups is 2. The smallest absolute Gasteiger partial charge is 0.295 e. The van der Waals surface area contributed by atoms with Crippen molar-refractivity contribution in [2.75, 3.05) is 38.2 Å². The number of methoxy groups -OCH3 is 1. The Morgan fingerprint density at radius 1 is 0.794 bits per heavy atom. The first-order chi connectivity index (χ1) is 16.6. The van der Waals surface area contributed by atoms with E-state index in [-0.39, 0.29) is 0 Å². The van der Waals surface area contributed by atoms with Crippen LogP contribution in [0.5, 0.6) is 5.75 Å². The molecule has 0 radical (unpaired) electrons. The Kier molecular flexibility index (Phi) is 5.80. The molecule has 0 spiro atoms. The molecule has 1 fully saturated rings. The van der Waals surface area contributed by atoms with Gasteiger partial charge in [-0.2, -0.15) is 0 Å². The van der Waals surface area contributed by atoms with Crippen LogP contribution in [-0.2, 0) is 11.8 Å². The van der Waals surface area contributed by atoms with E-state index in [1.807, 2.05) is 90.5 Å². The molecule has 1 aliphatic heterocycles. The van der Waals surface area contributed by atoms with E-state index in [4.69, 9.17) is 4.74 Å². The topological polar surface area (TPSA) is 54.8 Å². The van der Waals surface area contributed by atoms with Crippen LogP contribution in [0.25, 0.3) is 22.2 Å². The van der Waals surface area contributed by atoms with Gasteiger partial charge in [-0.3, -0.25) is 9.59 Å². The highest BCUT2D eigenvalue weighted by atomic mass is 16.5. The quantitative estimate of drug-likeness (QED) is 0.332. The molecule has 34 heavy (non-hydrogen) atoms. The molecular formula is C28H27N3O3. The van der Waals surface area contributed by atoms with E-state index in [0.29, 0.717) is 31.7 Å². The van der Waals surface area contributed by atoms with Crippen molar-refractivity contribution in [2.45, 2.75) is 0 Å². The molecule has 1 aromatic heterocycles. The van der Waals surface area contributed by atoms with E-state index in [2.05, 4.69) is 4.90 Å². The predicted molar refractivity (Wildman–Crippen MR) is 134 cm³/mol. The van der Waals surface area contributed by atoms with Gasteiger partial charge in [0.05, 0.1) is 18.4 Å². The van der Waals surface area contributed by atoms with Crippen LogP contribution in [0.2, 0.25) is 0 Å². The van der Waals surface area contributed by atoms with Crippen LogP contribution in [0, 0.1) is 0 Å². The van der Waals surface area contributed by atoms with Gasteiger partial charge < -0.3 is 19.1 Å². The molecule has 1 amide bonds. The lowest BCUT2D eigenvalue weighted by Crippen LogP contribution is -2.50. The number of amides is 1. The summed E-state index contributed by atoms with van der Waals surface area (Å²) in [7, 11) is 3.59. The number of benzene rings is 3. The summed E-state index contributed by atoms with van der Waals surface area (Å²) in [6, 6.07) is 25.5. The Bertz CT molecular complexity index is 1330. The number of carbonyl (C=O) groups excluding carboxylic acids is 2. The summed E-state index contributed by atoms with van der Waals surface area (Å²) >= 11 is 0. The molecule has 1 saturated heterocycles. The summed E-state index contributed by atoms with van der Waals surface area (Å²) in [5, 5.41) is 0.805. The van der Waals surface area contributed by atoms with Gasteiger partial charge in [-0.15, -0.1) is 0 Å². The van der Waals surface area contributed by atoms with E-state index in [0.717, 1.165) is 33.6 Å². The van der Waals surface area contributed by atoms with Gasteiger partial charge in [0, 0.05) is 49.8 Å². The lowest BCUT2D eigenvalue weighted by Gasteiger charge is -2.35. The van der Waals surface area contributed by atoms with Crippen molar-refractivity contribution in [3.63, 3.8) is 0 Å². The molecule has 5 rings (SSSR count). The zero-order chi connectivity index (χ0) is 23.7. The van der Waals surface area contributed by atoms with Crippen LogP contribution in [0.4, 0.5) is 5.69 Å². The molecule has 6 nitrogen and oxygen atoms in total. The normalized spacial score (nSPS) is 13.8. The molecule has 4 aromatic rings. The highest BCUT2D eigenvalue weighted by molar-refractivity contribution is 6.46. The number of ether oxygens (including phenoxy) is 1. The summed E-state index contributed by atoms with van der Waals surface area (Å²) in [5.74, 6) is -0.0797. The van der Waals surface area contributed by atoms with E-state index in [9.17, 15) is 9.59 Å². The lowest BCUT2D eigenvalue weighted by molar-refractivity contribution is -0.126. The SMILES string of the molecule is COc1ccc(N2CCN(C(=O)C(=O)c3c(-c4ccccc4)n(C)c4ccccc34)CC2)cc1. The minimum atomic E-state index is -0.450. The van der Waals surface area contributed by atoms with E-state index in [1.165, 1.54) is 0 Å². The minimum Gasteiger partial charge on any atom is -0.497 e. The molecule has 3 aromatic carbocycles. The minimum absolute atomic E-state index is 0.442. The van der Waals surface area contributed by atoms with Gasteiger partial charge in [-0.1, -0.05) is 48.5 Å². The number of hydrogen-bond acceptors (Lipinski definition) is 4. The maximum atomic E-state index is 13.7. The summed E-state index contributed by atoms with van der Waals surface area (Å²) in [5.41, 5.74) is 4.19. The van der Waals surface area contributed by atoms with E-state index < -0.39 is 11.7 Å². The summed E-state index contributed by atoms with van der Waals surface area (Å²) in [6.45, 7) is 2.35. The number of aryl methyl sites for hydroxylation is 1. The monoisotopic (exact) mass is 453 g/mol. The number of rotatable bonds is 5. The largest absolute Gasteiger partial charge is 0.497 e. The molecule has 0 atom stereocenters. The van der Waals surface area contributed by atoms with Crippen LogP contribution in [0.15, 0.2) is 78.9 Å². The summed E-state index contributed by atoms with van der Waals surface area (Å²) in [6.07, 6.45) is 0. The van der Waals surface area contributed by atoms with Crippen LogP contribution < -0.4 is 9.64 Å². The molecule has 2 heterocycles. The Hall–Kier alpha value is -4.06. The zero-order valence-electron chi connectivity index (χ0n) is 19.4. The third-order valence-electron chi connectivity index (χ3n) is 6.58. The third kappa shape index (κ3) is 3.81. The number of aromatic nitrogens is 1. The number of piperazine rings is 1. The molecule has 172 valence electrons. The first kappa shape index (κ1) is 21.8. The van der Waals surface area contributed by atoms with Gasteiger partial charge in [0.15, 0.2) is 0 Å². The second-order valence-corrected chi connectivity index (χ2v) is 8.47. The fourth-order valence-electron chi connectivity index (χ4n) is 4.77. The van der Waals surface area contributed by atoms with Crippen molar-refractivity contribution in [3.05, 3.63) is 84.4 Å². The number of Topliss-reactive ketones (excluding diaryl/α,β-unsaturated/α-hetero) is 1. The summed E-state index contributed by atoms with van der Waals surface area (Å²) < 4.78 is 7.24. The maximum Gasteiger partial charge on any atom is 0.295 e. The Balaban J connectivity index is 1.41. The van der Waals surface area contributed by atoms with Gasteiger partial charge in [0.25, 0.3) is 11.7 Å². The van der Waals surface area contributed by atoms with Gasteiger partial charge in [-0.25, -0.2) is 0 Å². The number of para-hydroxylation sites is 1. The average molecular weight is 454 g/mol. The van der Waals surface area contributed by atoms with Crippen LogP contribution in [0.3, 0.4) is 0 Å². The van der Waals surface area contributed by atoms with Crippen molar-refractivity contribution in [2.24, 2.45) is 7.05 Å². The molecule has 1 aliphatic rings. The number of hydrogen-bond donors (Lipinski definition) is 0. The molecular weight excluding hydrogens is 426 g/mol. The molecule has 0 N–H and O–H groups in total. The zero-order valence-corrected chi connectivity index (χ0v) is 19.4. The standard InChI is InChI=1S/C28H27N3O3/c1-29-24-11-7-6-10-23(24)25(26(29)20-8-4-3-5-9-20)27(32)28(33)31-18-16-30(17-19-31)21-12-14-22(34-2)15-13-21/h3-15H,16-19H2,1-2H3. The first-order valence-corrected chi connectivity index (χ1v) is 11.4. The molecule has 6 heteroatoms. The fraction of sp³-hybridized carbons (Fsp3) is 0.214. The van der Waals surface area contributed by atoms with Gasteiger partial charge >= 0.3 is 0 Å². The van der Waals surface area contributed by atoms with Crippen molar-refractivity contribution < 1.29 is 14.3 Å². The van der Waals surface area contributed by atoms with Crippen molar-refractivity contribution in [1.29, 1.82) is 0 Å². The van der Waals surface area contributed by atoms with E-state index >= 15 is 0 Å². The second kappa shape index (κ2) is 9.06. The van der Waals surface area contributed by atoms with Gasteiger partial charge in [0.1, 0.15) is 5.75 Å². The number of fused-ring (bicyclic) bond motifs is 1. The van der Waals surface area contributed by atoms with E-state index in [1.54, 1.807) is 12.0 Å². The molecule has 0 unspecified atom stereocenters. The van der Waals surface area contributed by atoms with Crippen LogP contribution in [-0.4, -0.2) is 54.4 Å². The van der Waals surface area contributed by atoms with Gasteiger partial charge in [0.2, 0.25) is 0 Å². The van der Waals surface area contributed by atoms with Gasteiger partial charge in [-0.05, 0) is 35.9 Å². The van der Waals surface area contributed by atoms with Crippen molar-refractivity contribution >= 4 is 28.3 Å². The maximum absolute atomic E-state index is 13.7. The Morgan fingerprint density at radius 3 is 2.12 bits per heavy atom. The number of anilines is 1. The van der Waals surface area contributed by atoms with Crippen LogP contribution in [0.1, 0.15) is 10.4 Å². The second-order valence-electron chi connectivity index (χ2n) is 8.47. The lowest BCUT2D eigenvalue weighted by atomic mass is 10.0. The highest BCUT2D eigenvalue weighted by Crippen LogP contribution is 2.34. The number of ketones is 1.